The van der Waals surface area contributed by atoms with Gasteiger partial charge >= 0.3 is 0 Å². The van der Waals surface area contributed by atoms with Gasteiger partial charge in [-0.1, -0.05) is 18.2 Å². The number of β-amino-alcohol motifs (C(OH)–C–C–N with tert-alkyl or cyclic N) is 1. The second kappa shape index (κ2) is 6.93. The number of aliphatic hydroxyl groups excluding tert-OH is 2. The van der Waals surface area contributed by atoms with E-state index in [-0.39, 0.29) is 18.2 Å². The van der Waals surface area contributed by atoms with Crippen LogP contribution in [0.2, 0.25) is 0 Å². The number of allylic oxidation sites excluding steroid dienone is 4. The molecule has 23 heavy (non-hydrogen) atoms. The Morgan fingerprint density at radius 3 is 2.65 bits per heavy atom. The van der Waals surface area contributed by atoms with E-state index in [1.165, 1.54) is 6.07 Å². The zero-order valence-electron chi connectivity index (χ0n) is 13.6. The molecule has 6 nitrogen and oxygen atoms in total. The number of aliphatic hydroxyl groups is 2. The number of nitrogens with zero attached hydrogens (tertiary/aromatic N) is 2. The second-order valence-corrected chi connectivity index (χ2v) is 5.85. The zero-order valence-corrected chi connectivity index (χ0v) is 13.6. The Bertz CT molecular complexity index is 666. The summed E-state index contributed by atoms with van der Waals surface area (Å²) in [4.78, 5) is 12.5. The molecular weight excluding hydrogens is 296 g/mol. The van der Waals surface area contributed by atoms with Crippen LogP contribution in [0.3, 0.4) is 0 Å². The van der Waals surface area contributed by atoms with Gasteiger partial charge < -0.3 is 15.1 Å². The van der Waals surface area contributed by atoms with Crippen molar-refractivity contribution in [2.45, 2.75) is 32.8 Å². The highest BCUT2D eigenvalue weighted by Gasteiger charge is 2.25. The Labute approximate surface area is 135 Å². The number of hydrogen-bond acceptors (Lipinski definition) is 5. The maximum Gasteiger partial charge on any atom is 0.269 e. The lowest BCUT2D eigenvalue weighted by molar-refractivity contribution is -0.384. The first-order chi connectivity index (χ1) is 10.8. The summed E-state index contributed by atoms with van der Waals surface area (Å²) in [5.74, 6) is -0.0302. The Kier molecular flexibility index (Phi) is 5.18. The first-order valence-corrected chi connectivity index (χ1v) is 7.51. The van der Waals surface area contributed by atoms with E-state index in [2.05, 4.69) is 0 Å². The van der Waals surface area contributed by atoms with Crippen LogP contribution in [-0.4, -0.2) is 39.3 Å². The summed E-state index contributed by atoms with van der Waals surface area (Å²) in [6.45, 7) is 5.92. The monoisotopic (exact) mass is 318 g/mol. The standard InChI is InChI=1S/C17H22N2O4/c1-11-7-17(14-5-4-6-15(8-14)19(22)23)12(2)13(3)18(11)9-16(21)10-20/h4-8,16-17,20-21H,9-10H2,1-3H3. The van der Waals surface area contributed by atoms with Gasteiger partial charge in [0.25, 0.3) is 5.69 Å². The summed E-state index contributed by atoms with van der Waals surface area (Å²) in [5.41, 5.74) is 3.97. The fourth-order valence-electron chi connectivity index (χ4n) is 2.89. The third-order valence-electron chi connectivity index (χ3n) is 4.32. The molecule has 0 fully saturated rings. The molecule has 0 saturated heterocycles. The summed E-state index contributed by atoms with van der Waals surface area (Å²) in [6.07, 6.45) is 1.22. The fraction of sp³-hybridized carbons (Fsp3) is 0.412. The van der Waals surface area contributed by atoms with Gasteiger partial charge in [-0.05, 0) is 31.9 Å². The van der Waals surface area contributed by atoms with Crippen molar-refractivity contribution in [2.75, 3.05) is 13.2 Å². The third-order valence-corrected chi connectivity index (χ3v) is 4.32. The molecule has 0 saturated carbocycles. The van der Waals surface area contributed by atoms with E-state index in [0.29, 0.717) is 6.54 Å². The van der Waals surface area contributed by atoms with E-state index in [1.807, 2.05) is 37.8 Å². The van der Waals surface area contributed by atoms with Crippen LogP contribution in [0, 0.1) is 10.1 Å². The summed E-state index contributed by atoms with van der Waals surface area (Å²) >= 11 is 0. The minimum Gasteiger partial charge on any atom is -0.394 e. The van der Waals surface area contributed by atoms with Crippen molar-refractivity contribution < 1.29 is 15.1 Å². The van der Waals surface area contributed by atoms with Gasteiger partial charge in [0.05, 0.1) is 24.2 Å². The predicted molar refractivity (Wildman–Crippen MR) is 87.8 cm³/mol. The van der Waals surface area contributed by atoms with Crippen LogP contribution in [0.25, 0.3) is 0 Å². The lowest BCUT2D eigenvalue weighted by Crippen LogP contribution is -2.34. The molecule has 124 valence electrons. The third kappa shape index (κ3) is 3.60. The molecule has 1 aliphatic rings. The van der Waals surface area contributed by atoms with Crippen molar-refractivity contribution in [3.63, 3.8) is 0 Å². The maximum absolute atomic E-state index is 11.0. The lowest BCUT2D eigenvalue weighted by atomic mass is 9.87. The van der Waals surface area contributed by atoms with Crippen molar-refractivity contribution in [1.29, 1.82) is 0 Å². The average Bonchev–Trinajstić information content (AvgIpc) is 2.54. The van der Waals surface area contributed by atoms with Crippen LogP contribution in [0.4, 0.5) is 5.69 Å². The van der Waals surface area contributed by atoms with Gasteiger partial charge in [0.15, 0.2) is 0 Å². The van der Waals surface area contributed by atoms with Gasteiger partial charge in [-0.3, -0.25) is 10.1 Å². The average molecular weight is 318 g/mol. The molecule has 2 rings (SSSR count). The molecule has 0 spiro atoms. The van der Waals surface area contributed by atoms with Crippen molar-refractivity contribution >= 4 is 5.69 Å². The number of rotatable bonds is 5. The molecule has 0 radical (unpaired) electrons. The van der Waals surface area contributed by atoms with Crippen LogP contribution in [0.15, 0.2) is 47.3 Å². The van der Waals surface area contributed by atoms with Gasteiger partial charge in [-0.2, -0.15) is 0 Å². The van der Waals surface area contributed by atoms with Gasteiger partial charge in [0.1, 0.15) is 0 Å². The summed E-state index contributed by atoms with van der Waals surface area (Å²) in [7, 11) is 0. The lowest BCUT2D eigenvalue weighted by Gasteiger charge is -2.35. The number of nitro groups is 1. The molecular formula is C17H22N2O4. The minimum absolute atomic E-state index is 0.0302. The number of nitro benzene ring substituents is 1. The maximum atomic E-state index is 11.0. The highest BCUT2D eigenvalue weighted by atomic mass is 16.6. The molecule has 6 heteroatoms. The van der Waals surface area contributed by atoms with Crippen molar-refractivity contribution in [3.05, 3.63) is 63.0 Å². The molecule has 1 aliphatic heterocycles. The van der Waals surface area contributed by atoms with E-state index < -0.39 is 11.0 Å². The molecule has 0 amide bonds. The van der Waals surface area contributed by atoms with Crippen LogP contribution in [-0.2, 0) is 0 Å². The summed E-state index contributed by atoms with van der Waals surface area (Å²) in [5, 5.41) is 29.7. The smallest absolute Gasteiger partial charge is 0.269 e. The van der Waals surface area contributed by atoms with E-state index in [4.69, 9.17) is 5.11 Å². The van der Waals surface area contributed by atoms with Crippen LogP contribution >= 0.6 is 0 Å². The second-order valence-electron chi connectivity index (χ2n) is 5.85. The normalized spacial score (nSPS) is 19.6. The van der Waals surface area contributed by atoms with Crippen molar-refractivity contribution in [2.24, 2.45) is 0 Å². The number of non-ortho nitro benzene ring substituents is 1. The minimum atomic E-state index is -0.810. The quantitative estimate of drug-likeness (QED) is 0.643. The van der Waals surface area contributed by atoms with Gasteiger partial charge in [0.2, 0.25) is 0 Å². The van der Waals surface area contributed by atoms with Gasteiger partial charge in [0, 0.05) is 29.4 Å². The molecule has 0 bridgehead atoms. The largest absolute Gasteiger partial charge is 0.394 e. The molecule has 1 heterocycles. The first kappa shape index (κ1) is 17.2. The fourth-order valence-corrected chi connectivity index (χ4v) is 2.89. The molecule has 1 aromatic carbocycles. The zero-order chi connectivity index (χ0) is 17.1. The Balaban J connectivity index is 2.36. The molecule has 1 aromatic rings. The van der Waals surface area contributed by atoms with Gasteiger partial charge in [-0.25, -0.2) is 0 Å². The topological polar surface area (TPSA) is 86.8 Å². The van der Waals surface area contributed by atoms with E-state index in [9.17, 15) is 15.2 Å². The first-order valence-electron chi connectivity index (χ1n) is 7.51. The van der Waals surface area contributed by atoms with E-state index in [0.717, 1.165) is 22.5 Å². The molecule has 2 N–H and O–H groups in total. The highest BCUT2D eigenvalue weighted by Crippen LogP contribution is 2.36. The molecule has 2 atom stereocenters. The Morgan fingerprint density at radius 1 is 1.35 bits per heavy atom. The van der Waals surface area contributed by atoms with Gasteiger partial charge in [-0.15, -0.1) is 0 Å². The number of hydrogen-bond donors (Lipinski definition) is 2. The van der Waals surface area contributed by atoms with E-state index in [1.54, 1.807) is 12.1 Å². The van der Waals surface area contributed by atoms with Crippen LogP contribution < -0.4 is 0 Å². The van der Waals surface area contributed by atoms with E-state index >= 15 is 0 Å². The summed E-state index contributed by atoms with van der Waals surface area (Å²) in [6, 6.07) is 6.67. The molecule has 2 unspecified atom stereocenters. The Hall–Kier alpha value is -2.18. The molecule has 0 aromatic heterocycles. The summed E-state index contributed by atoms with van der Waals surface area (Å²) < 4.78 is 0. The predicted octanol–water partition coefficient (Wildman–Crippen LogP) is 2.54. The SMILES string of the molecule is CC1=CC(c2cccc([N+](=O)[O-])c2)C(C)=C(C)N1CC(O)CO. The molecule has 0 aliphatic carbocycles. The van der Waals surface area contributed by atoms with Crippen molar-refractivity contribution in [3.8, 4) is 0 Å². The van der Waals surface area contributed by atoms with Crippen LogP contribution in [0.1, 0.15) is 32.3 Å². The van der Waals surface area contributed by atoms with Crippen molar-refractivity contribution in [1.82, 2.24) is 4.90 Å². The van der Waals surface area contributed by atoms with Crippen LogP contribution in [0.5, 0.6) is 0 Å². The Morgan fingerprint density at radius 2 is 2.04 bits per heavy atom. The number of benzene rings is 1. The highest BCUT2D eigenvalue weighted by molar-refractivity contribution is 5.44.